The lowest BCUT2D eigenvalue weighted by Crippen LogP contribution is -2.43. The predicted molar refractivity (Wildman–Crippen MR) is 72.2 cm³/mol. The van der Waals surface area contributed by atoms with Crippen molar-refractivity contribution in [3.63, 3.8) is 0 Å². The number of carboxylic acid groups (broad SMARTS) is 1. The number of nitrogens with one attached hydrogen (secondary N) is 1. The van der Waals surface area contributed by atoms with Crippen molar-refractivity contribution in [1.29, 1.82) is 0 Å². The molecule has 0 aliphatic rings. The Balaban J connectivity index is 2.64. The largest absolute Gasteiger partial charge is 0.480 e. The fourth-order valence-electron chi connectivity index (χ4n) is 1.66. The maximum absolute atomic E-state index is 11.8. The summed E-state index contributed by atoms with van der Waals surface area (Å²) in [6.45, 7) is 0. The molecule has 0 aliphatic heterocycles. The number of hydrogen-bond donors (Lipinski definition) is 3. The van der Waals surface area contributed by atoms with E-state index in [2.05, 4.69) is 10.1 Å². The molecule has 21 heavy (non-hydrogen) atoms. The first-order valence-corrected chi connectivity index (χ1v) is 6.28. The van der Waals surface area contributed by atoms with Gasteiger partial charge in [0.05, 0.1) is 7.11 Å². The van der Waals surface area contributed by atoms with Crippen molar-refractivity contribution in [1.82, 2.24) is 5.32 Å². The van der Waals surface area contributed by atoms with Crippen molar-refractivity contribution in [3.05, 3.63) is 35.9 Å². The highest BCUT2D eigenvalue weighted by atomic mass is 16.5. The summed E-state index contributed by atoms with van der Waals surface area (Å²) in [5, 5.41) is 21.1. The van der Waals surface area contributed by atoms with Gasteiger partial charge in [0.2, 0.25) is 0 Å². The Morgan fingerprint density at radius 3 is 2.38 bits per heavy atom. The fourth-order valence-corrected chi connectivity index (χ4v) is 1.66. The SMILES string of the molecule is COC(=O)CCC(NC(=O)C(O)c1ccccc1)C(=O)O. The minimum atomic E-state index is -1.47. The number of esters is 1. The topological polar surface area (TPSA) is 113 Å². The molecule has 2 atom stereocenters. The van der Waals surface area contributed by atoms with E-state index in [-0.39, 0.29) is 12.8 Å². The molecule has 0 aliphatic carbocycles. The molecule has 1 aromatic rings. The number of carboxylic acids is 1. The van der Waals surface area contributed by atoms with Gasteiger partial charge in [0.25, 0.3) is 5.91 Å². The van der Waals surface area contributed by atoms with Crippen LogP contribution in [0.1, 0.15) is 24.5 Å². The van der Waals surface area contributed by atoms with Crippen molar-refractivity contribution in [3.8, 4) is 0 Å². The molecule has 0 saturated carbocycles. The van der Waals surface area contributed by atoms with E-state index < -0.39 is 30.0 Å². The number of rotatable bonds is 7. The minimum absolute atomic E-state index is 0.116. The molecule has 1 amide bonds. The average Bonchev–Trinajstić information content (AvgIpc) is 2.50. The molecule has 0 radical (unpaired) electrons. The molecule has 0 spiro atoms. The predicted octanol–water partition coefficient (Wildman–Crippen LogP) is 0.243. The van der Waals surface area contributed by atoms with Crippen LogP contribution in [0.3, 0.4) is 0 Å². The van der Waals surface area contributed by atoms with E-state index in [0.29, 0.717) is 5.56 Å². The van der Waals surface area contributed by atoms with Crippen molar-refractivity contribution in [2.45, 2.75) is 25.0 Å². The fraction of sp³-hybridized carbons (Fsp3) is 0.357. The Morgan fingerprint density at radius 1 is 1.24 bits per heavy atom. The molecule has 7 heteroatoms. The molecule has 0 saturated heterocycles. The van der Waals surface area contributed by atoms with E-state index in [4.69, 9.17) is 5.11 Å². The lowest BCUT2D eigenvalue weighted by molar-refractivity contribution is -0.145. The molecule has 3 N–H and O–H groups in total. The monoisotopic (exact) mass is 295 g/mol. The van der Waals surface area contributed by atoms with Gasteiger partial charge in [-0.15, -0.1) is 0 Å². The van der Waals surface area contributed by atoms with Crippen LogP contribution in [0.2, 0.25) is 0 Å². The highest BCUT2D eigenvalue weighted by Gasteiger charge is 2.25. The van der Waals surface area contributed by atoms with Crippen molar-refractivity contribution in [2.75, 3.05) is 7.11 Å². The lowest BCUT2D eigenvalue weighted by Gasteiger charge is -2.17. The van der Waals surface area contributed by atoms with E-state index >= 15 is 0 Å². The van der Waals surface area contributed by atoms with Gasteiger partial charge in [-0.2, -0.15) is 0 Å². The Labute approximate surface area is 121 Å². The summed E-state index contributed by atoms with van der Waals surface area (Å²) in [7, 11) is 1.19. The highest BCUT2D eigenvalue weighted by molar-refractivity contribution is 5.87. The van der Waals surface area contributed by atoms with E-state index in [9.17, 15) is 19.5 Å². The summed E-state index contributed by atoms with van der Waals surface area (Å²) in [6.07, 6.45) is -1.73. The van der Waals surface area contributed by atoms with Crippen LogP contribution in [-0.2, 0) is 19.1 Å². The quantitative estimate of drug-likeness (QED) is 0.621. The molecule has 1 aromatic carbocycles. The van der Waals surface area contributed by atoms with E-state index in [0.717, 1.165) is 0 Å². The minimum Gasteiger partial charge on any atom is -0.480 e. The van der Waals surface area contributed by atoms with Gasteiger partial charge in [0.1, 0.15) is 6.04 Å². The van der Waals surface area contributed by atoms with Gasteiger partial charge < -0.3 is 20.3 Å². The first kappa shape index (κ1) is 16.6. The molecule has 0 fully saturated rings. The average molecular weight is 295 g/mol. The third-order valence-corrected chi connectivity index (χ3v) is 2.84. The summed E-state index contributed by atoms with van der Waals surface area (Å²) < 4.78 is 4.41. The van der Waals surface area contributed by atoms with Gasteiger partial charge in [-0.3, -0.25) is 9.59 Å². The van der Waals surface area contributed by atoms with Crippen LogP contribution in [0.4, 0.5) is 0 Å². The Kier molecular flexibility index (Phi) is 6.35. The van der Waals surface area contributed by atoms with Crippen molar-refractivity contribution < 1.29 is 29.3 Å². The molecular formula is C14H17NO6. The van der Waals surface area contributed by atoms with Crippen LogP contribution in [-0.4, -0.2) is 41.2 Å². The van der Waals surface area contributed by atoms with Crippen LogP contribution < -0.4 is 5.32 Å². The zero-order valence-corrected chi connectivity index (χ0v) is 11.5. The zero-order valence-electron chi connectivity index (χ0n) is 11.5. The Bertz CT molecular complexity index is 501. The molecule has 2 unspecified atom stereocenters. The third-order valence-electron chi connectivity index (χ3n) is 2.84. The highest BCUT2D eigenvalue weighted by Crippen LogP contribution is 2.12. The molecule has 114 valence electrons. The number of benzene rings is 1. The Morgan fingerprint density at radius 2 is 1.86 bits per heavy atom. The molecule has 0 bridgehead atoms. The van der Waals surface area contributed by atoms with Gasteiger partial charge in [-0.25, -0.2) is 4.79 Å². The second-order valence-electron chi connectivity index (χ2n) is 4.33. The van der Waals surface area contributed by atoms with Crippen LogP contribution in [0.15, 0.2) is 30.3 Å². The number of amides is 1. The van der Waals surface area contributed by atoms with Crippen LogP contribution >= 0.6 is 0 Å². The van der Waals surface area contributed by atoms with Gasteiger partial charge >= 0.3 is 11.9 Å². The van der Waals surface area contributed by atoms with Crippen molar-refractivity contribution in [2.24, 2.45) is 0 Å². The second-order valence-corrected chi connectivity index (χ2v) is 4.33. The van der Waals surface area contributed by atoms with Crippen LogP contribution in [0.5, 0.6) is 0 Å². The van der Waals surface area contributed by atoms with E-state index in [1.54, 1.807) is 30.3 Å². The first-order chi connectivity index (χ1) is 9.95. The van der Waals surface area contributed by atoms with Gasteiger partial charge in [-0.05, 0) is 12.0 Å². The number of hydrogen-bond acceptors (Lipinski definition) is 5. The van der Waals surface area contributed by atoms with Crippen LogP contribution in [0, 0.1) is 0 Å². The number of aliphatic hydroxyl groups excluding tert-OH is 1. The molecular weight excluding hydrogens is 278 g/mol. The number of ether oxygens (including phenoxy) is 1. The smallest absolute Gasteiger partial charge is 0.326 e. The summed E-state index contributed by atoms with van der Waals surface area (Å²) in [5.41, 5.74) is 0.354. The third kappa shape index (κ3) is 5.23. The molecule has 0 heterocycles. The van der Waals surface area contributed by atoms with Crippen molar-refractivity contribution >= 4 is 17.8 Å². The number of carbonyl (C=O) groups is 3. The number of aliphatic hydroxyl groups is 1. The van der Waals surface area contributed by atoms with Gasteiger partial charge in [0.15, 0.2) is 6.10 Å². The van der Waals surface area contributed by atoms with E-state index in [1.807, 2.05) is 0 Å². The summed E-state index contributed by atoms with van der Waals surface area (Å²) in [5.74, 6) is -2.69. The lowest BCUT2D eigenvalue weighted by atomic mass is 10.1. The van der Waals surface area contributed by atoms with Gasteiger partial charge in [-0.1, -0.05) is 30.3 Å². The number of carbonyl (C=O) groups excluding carboxylic acids is 2. The summed E-state index contributed by atoms with van der Waals surface area (Å²) in [6, 6.07) is 6.86. The molecule has 7 nitrogen and oxygen atoms in total. The van der Waals surface area contributed by atoms with Crippen LogP contribution in [0.25, 0.3) is 0 Å². The van der Waals surface area contributed by atoms with E-state index in [1.165, 1.54) is 7.11 Å². The normalized spacial score (nSPS) is 13.0. The maximum Gasteiger partial charge on any atom is 0.326 e. The second kappa shape index (κ2) is 8.01. The number of methoxy groups -OCH3 is 1. The summed E-state index contributed by atoms with van der Waals surface area (Å²) in [4.78, 5) is 33.9. The standard InChI is InChI=1S/C14H17NO6/c1-21-11(16)8-7-10(14(19)20)15-13(18)12(17)9-5-3-2-4-6-9/h2-6,10,12,17H,7-8H2,1H3,(H,15,18)(H,19,20). The zero-order chi connectivity index (χ0) is 15.8. The molecule has 1 rings (SSSR count). The maximum atomic E-state index is 11.8. The summed E-state index contributed by atoms with van der Waals surface area (Å²) >= 11 is 0. The van der Waals surface area contributed by atoms with Gasteiger partial charge in [0, 0.05) is 6.42 Å². The first-order valence-electron chi connectivity index (χ1n) is 6.28. The molecule has 0 aromatic heterocycles. The number of aliphatic carboxylic acids is 1. The Hall–Kier alpha value is -2.41.